The van der Waals surface area contributed by atoms with E-state index in [2.05, 4.69) is 17.6 Å². The van der Waals surface area contributed by atoms with Crippen LogP contribution in [-0.4, -0.2) is 51.5 Å². The third kappa shape index (κ3) is 7.66. The molecule has 0 spiro atoms. The molecule has 0 amide bonds. The molecule has 7 heteroatoms. The first kappa shape index (κ1) is 24.8. The molecule has 1 aromatic carbocycles. The van der Waals surface area contributed by atoms with Crippen molar-refractivity contribution >= 4 is 29.9 Å². The van der Waals surface area contributed by atoms with Gasteiger partial charge in [0, 0.05) is 39.4 Å². The number of phenolic OH excluding ortho intramolecular Hbond substituents is 1. The number of methoxy groups -OCH3 is 2. The molecule has 2 rings (SSSR count). The molecule has 1 aliphatic rings. The van der Waals surface area contributed by atoms with Gasteiger partial charge in [0.25, 0.3) is 0 Å². The minimum atomic E-state index is 0. The lowest BCUT2D eigenvalue weighted by molar-refractivity contribution is 0.141. The molecule has 160 valence electrons. The average molecular weight is 505 g/mol. The molecule has 0 unspecified atom stereocenters. The second kappa shape index (κ2) is 13.1. The standard InChI is InChI=1S/C21H35N3O3.HI/c1-4-22-20(24-16-21(12-14-26-2)10-5-6-11-21)23-13-9-17-7-8-18(27-3)15-19(17)25;/h7-8,15,25H,4-6,9-14,16H2,1-3H3,(H2,22,23,24);1H. The third-order valence-electron chi connectivity index (χ3n) is 5.40. The molecule has 1 aliphatic carbocycles. The van der Waals surface area contributed by atoms with E-state index in [1.165, 1.54) is 25.7 Å². The maximum atomic E-state index is 10.1. The maximum Gasteiger partial charge on any atom is 0.191 e. The molecule has 0 aromatic heterocycles. The lowest BCUT2D eigenvalue weighted by Gasteiger charge is -2.27. The minimum Gasteiger partial charge on any atom is -0.508 e. The Morgan fingerprint density at radius 1 is 1.21 bits per heavy atom. The van der Waals surface area contributed by atoms with E-state index in [1.54, 1.807) is 20.3 Å². The van der Waals surface area contributed by atoms with Crippen LogP contribution in [0.1, 0.15) is 44.6 Å². The van der Waals surface area contributed by atoms with E-state index in [4.69, 9.17) is 14.5 Å². The molecule has 0 saturated heterocycles. The van der Waals surface area contributed by atoms with E-state index >= 15 is 0 Å². The molecule has 0 radical (unpaired) electrons. The molecule has 0 atom stereocenters. The van der Waals surface area contributed by atoms with Crippen molar-refractivity contribution in [2.24, 2.45) is 10.4 Å². The van der Waals surface area contributed by atoms with Gasteiger partial charge in [-0.15, -0.1) is 24.0 Å². The molecule has 1 fully saturated rings. The van der Waals surface area contributed by atoms with Crippen LogP contribution in [0.2, 0.25) is 0 Å². The van der Waals surface area contributed by atoms with Crippen LogP contribution >= 0.6 is 24.0 Å². The Kier molecular flexibility index (Phi) is 11.6. The molecule has 3 N–H and O–H groups in total. The molecule has 1 saturated carbocycles. The van der Waals surface area contributed by atoms with Gasteiger partial charge in [0.15, 0.2) is 5.96 Å². The summed E-state index contributed by atoms with van der Waals surface area (Å²) in [7, 11) is 3.37. The molecule has 6 nitrogen and oxygen atoms in total. The van der Waals surface area contributed by atoms with Gasteiger partial charge in [0.2, 0.25) is 0 Å². The van der Waals surface area contributed by atoms with Crippen LogP contribution in [0.5, 0.6) is 11.5 Å². The molecular formula is C21H36IN3O3. The van der Waals surface area contributed by atoms with Gasteiger partial charge < -0.3 is 25.2 Å². The summed E-state index contributed by atoms with van der Waals surface area (Å²) in [4.78, 5) is 4.86. The Balaban J connectivity index is 0.00000392. The van der Waals surface area contributed by atoms with Gasteiger partial charge in [0.1, 0.15) is 11.5 Å². The third-order valence-corrected chi connectivity index (χ3v) is 5.40. The second-order valence-electron chi connectivity index (χ2n) is 7.32. The summed E-state index contributed by atoms with van der Waals surface area (Å²) in [5.41, 5.74) is 1.18. The Morgan fingerprint density at radius 3 is 2.57 bits per heavy atom. The summed E-state index contributed by atoms with van der Waals surface area (Å²) in [6, 6.07) is 5.42. The van der Waals surface area contributed by atoms with Crippen LogP contribution in [-0.2, 0) is 11.2 Å². The zero-order chi connectivity index (χ0) is 19.5. The van der Waals surface area contributed by atoms with Crippen LogP contribution in [0.15, 0.2) is 23.2 Å². The number of rotatable bonds is 10. The Labute approximate surface area is 186 Å². The van der Waals surface area contributed by atoms with Crippen molar-refractivity contribution in [3.05, 3.63) is 23.8 Å². The number of aromatic hydroxyl groups is 1. The molecule has 0 aliphatic heterocycles. The van der Waals surface area contributed by atoms with Crippen LogP contribution in [0.25, 0.3) is 0 Å². The van der Waals surface area contributed by atoms with Gasteiger partial charge in [-0.2, -0.15) is 0 Å². The lowest BCUT2D eigenvalue weighted by Crippen LogP contribution is -2.39. The van der Waals surface area contributed by atoms with Crippen molar-refractivity contribution in [3.63, 3.8) is 0 Å². The number of aliphatic imine (C=N–C) groups is 1. The number of nitrogens with one attached hydrogen (secondary N) is 2. The molecule has 1 aromatic rings. The van der Waals surface area contributed by atoms with Gasteiger partial charge in [-0.05, 0) is 49.7 Å². The highest BCUT2D eigenvalue weighted by atomic mass is 127. The zero-order valence-electron chi connectivity index (χ0n) is 17.4. The van der Waals surface area contributed by atoms with Crippen LogP contribution in [0, 0.1) is 5.41 Å². The topological polar surface area (TPSA) is 75.1 Å². The van der Waals surface area contributed by atoms with Gasteiger partial charge in [-0.3, -0.25) is 4.99 Å². The smallest absolute Gasteiger partial charge is 0.191 e. The molecule has 0 bridgehead atoms. The van der Waals surface area contributed by atoms with Gasteiger partial charge in [-0.25, -0.2) is 0 Å². The highest BCUT2D eigenvalue weighted by Crippen LogP contribution is 2.41. The average Bonchev–Trinajstić information content (AvgIpc) is 3.15. The lowest BCUT2D eigenvalue weighted by atomic mass is 9.83. The van der Waals surface area contributed by atoms with Crippen molar-refractivity contribution in [2.45, 2.75) is 45.4 Å². The van der Waals surface area contributed by atoms with E-state index in [0.717, 1.165) is 44.1 Å². The van der Waals surface area contributed by atoms with Crippen molar-refractivity contribution in [1.82, 2.24) is 10.6 Å². The van der Waals surface area contributed by atoms with Crippen LogP contribution in [0.3, 0.4) is 0 Å². The number of benzene rings is 1. The quantitative estimate of drug-likeness (QED) is 0.257. The molecule has 28 heavy (non-hydrogen) atoms. The largest absolute Gasteiger partial charge is 0.508 e. The van der Waals surface area contributed by atoms with Crippen molar-refractivity contribution in [2.75, 3.05) is 40.5 Å². The Morgan fingerprint density at radius 2 is 1.96 bits per heavy atom. The summed E-state index contributed by atoms with van der Waals surface area (Å²) in [5.74, 6) is 1.77. The first-order chi connectivity index (χ1) is 13.1. The first-order valence-corrected chi connectivity index (χ1v) is 9.99. The fraction of sp³-hybridized carbons (Fsp3) is 0.667. The second-order valence-corrected chi connectivity index (χ2v) is 7.32. The fourth-order valence-corrected chi connectivity index (χ4v) is 3.72. The number of guanidine groups is 1. The number of hydrogen-bond acceptors (Lipinski definition) is 4. The van der Waals surface area contributed by atoms with E-state index in [-0.39, 0.29) is 35.1 Å². The van der Waals surface area contributed by atoms with E-state index in [9.17, 15) is 5.11 Å². The van der Waals surface area contributed by atoms with Crippen molar-refractivity contribution < 1.29 is 14.6 Å². The van der Waals surface area contributed by atoms with Crippen molar-refractivity contribution in [3.8, 4) is 11.5 Å². The number of ether oxygens (including phenoxy) is 2. The Hall–Kier alpha value is -1.22. The Bertz CT molecular complexity index is 605. The molecular weight excluding hydrogens is 469 g/mol. The predicted octanol–water partition coefficient (Wildman–Crippen LogP) is 3.71. The van der Waals surface area contributed by atoms with Gasteiger partial charge in [-0.1, -0.05) is 18.9 Å². The number of hydrogen-bond donors (Lipinski definition) is 3. The SMILES string of the molecule is CCNC(=NCC1(CCOC)CCCC1)NCCc1ccc(OC)cc1O.I. The zero-order valence-corrected chi connectivity index (χ0v) is 19.8. The minimum absolute atomic E-state index is 0. The van der Waals surface area contributed by atoms with E-state index < -0.39 is 0 Å². The summed E-state index contributed by atoms with van der Waals surface area (Å²) in [6.07, 6.45) is 6.85. The highest BCUT2D eigenvalue weighted by Gasteiger charge is 2.33. The maximum absolute atomic E-state index is 10.1. The number of phenols is 1. The summed E-state index contributed by atoms with van der Waals surface area (Å²) in [5, 5.41) is 16.8. The normalized spacial score (nSPS) is 15.8. The van der Waals surface area contributed by atoms with E-state index in [1.807, 2.05) is 12.1 Å². The number of nitrogens with zero attached hydrogens (tertiary/aromatic N) is 1. The highest BCUT2D eigenvalue weighted by molar-refractivity contribution is 14.0. The van der Waals surface area contributed by atoms with Crippen LogP contribution in [0.4, 0.5) is 0 Å². The fourth-order valence-electron chi connectivity index (χ4n) is 3.72. The van der Waals surface area contributed by atoms with Gasteiger partial charge >= 0.3 is 0 Å². The molecule has 0 heterocycles. The first-order valence-electron chi connectivity index (χ1n) is 9.99. The number of halogens is 1. The predicted molar refractivity (Wildman–Crippen MR) is 125 cm³/mol. The van der Waals surface area contributed by atoms with Gasteiger partial charge in [0.05, 0.1) is 7.11 Å². The van der Waals surface area contributed by atoms with E-state index in [0.29, 0.717) is 12.3 Å². The summed E-state index contributed by atoms with van der Waals surface area (Å²) < 4.78 is 10.4. The van der Waals surface area contributed by atoms with Crippen molar-refractivity contribution in [1.29, 1.82) is 0 Å². The summed E-state index contributed by atoms with van der Waals surface area (Å²) in [6.45, 7) is 5.24. The summed E-state index contributed by atoms with van der Waals surface area (Å²) >= 11 is 0. The monoisotopic (exact) mass is 505 g/mol. The van der Waals surface area contributed by atoms with Crippen LogP contribution < -0.4 is 15.4 Å².